The van der Waals surface area contributed by atoms with Crippen molar-refractivity contribution in [3.05, 3.63) is 65.6 Å². The fourth-order valence-corrected chi connectivity index (χ4v) is 4.90. The van der Waals surface area contributed by atoms with E-state index in [4.69, 9.17) is 0 Å². The number of para-hydroxylation sites is 1. The summed E-state index contributed by atoms with van der Waals surface area (Å²) in [6.07, 6.45) is 5.41. The van der Waals surface area contributed by atoms with Gasteiger partial charge in [0.1, 0.15) is 11.3 Å². The number of nitrogens with one attached hydrogen (secondary N) is 1. The summed E-state index contributed by atoms with van der Waals surface area (Å²) in [6, 6.07) is 14.5. The number of fused-ring (bicyclic) bond motifs is 5. The highest BCUT2D eigenvalue weighted by Gasteiger charge is 2.29. The van der Waals surface area contributed by atoms with Crippen LogP contribution in [0.25, 0.3) is 10.9 Å². The summed E-state index contributed by atoms with van der Waals surface area (Å²) in [7, 11) is 0. The van der Waals surface area contributed by atoms with E-state index in [9.17, 15) is 9.18 Å². The Kier molecular flexibility index (Phi) is 4.89. The molecular formula is C25H26FN3O. The topological polar surface area (TPSA) is 45.2 Å². The number of carbonyl (C=O) groups is 1. The molecule has 0 atom stereocenters. The van der Waals surface area contributed by atoms with Crippen LogP contribution in [-0.2, 0) is 0 Å². The average Bonchev–Trinajstić information content (AvgIpc) is 3.09. The Morgan fingerprint density at radius 3 is 2.37 bits per heavy atom. The molecular weight excluding hydrogens is 377 g/mol. The Balaban J connectivity index is 1.33. The van der Waals surface area contributed by atoms with Gasteiger partial charge in [-0.15, -0.1) is 0 Å². The highest BCUT2D eigenvalue weighted by molar-refractivity contribution is 6.05. The van der Waals surface area contributed by atoms with E-state index >= 15 is 0 Å². The van der Waals surface area contributed by atoms with Crippen molar-refractivity contribution in [2.24, 2.45) is 11.8 Å². The maximum absolute atomic E-state index is 13.9. The summed E-state index contributed by atoms with van der Waals surface area (Å²) in [5.41, 5.74) is 3.33. The highest BCUT2D eigenvalue weighted by atomic mass is 19.1. The second-order valence-corrected chi connectivity index (χ2v) is 8.73. The average molecular weight is 404 g/mol. The Hall–Kier alpha value is -2.95. The van der Waals surface area contributed by atoms with Crippen molar-refractivity contribution < 1.29 is 9.18 Å². The molecule has 3 fully saturated rings. The number of pyridine rings is 1. The second kappa shape index (κ2) is 7.71. The van der Waals surface area contributed by atoms with Crippen LogP contribution in [0.3, 0.4) is 0 Å². The zero-order valence-corrected chi connectivity index (χ0v) is 17.2. The van der Waals surface area contributed by atoms with E-state index in [-0.39, 0.29) is 11.7 Å². The van der Waals surface area contributed by atoms with Crippen LogP contribution in [0.2, 0.25) is 0 Å². The molecule has 0 radical (unpaired) electrons. The molecule has 3 heterocycles. The number of aromatic nitrogens is 1. The molecule has 2 aliphatic heterocycles. The van der Waals surface area contributed by atoms with E-state index in [0.717, 1.165) is 24.9 Å². The molecule has 1 saturated carbocycles. The molecule has 4 nitrogen and oxygen atoms in total. The molecule has 2 saturated heterocycles. The van der Waals surface area contributed by atoms with Crippen LogP contribution in [0.4, 0.5) is 15.8 Å². The molecule has 5 heteroatoms. The van der Waals surface area contributed by atoms with Crippen molar-refractivity contribution in [2.45, 2.75) is 32.6 Å². The number of benzene rings is 2. The van der Waals surface area contributed by atoms with Crippen LogP contribution < -0.4 is 10.2 Å². The van der Waals surface area contributed by atoms with Gasteiger partial charge in [0.05, 0.1) is 11.4 Å². The number of anilines is 2. The third-order valence-corrected chi connectivity index (χ3v) is 6.65. The molecule has 3 aliphatic rings. The zero-order valence-electron chi connectivity index (χ0n) is 17.2. The Bertz CT molecular complexity index is 1070. The normalized spacial score (nSPS) is 20.9. The van der Waals surface area contributed by atoms with E-state index in [2.05, 4.69) is 27.3 Å². The SMILES string of the molecule is Cc1nc2c(F)cccc2cc1NC(=O)c1ccc(N2CC3CCC(CC3)C2)cc1. The van der Waals surface area contributed by atoms with Gasteiger partial charge >= 0.3 is 0 Å². The van der Waals surface area contributed by atoms with Gasteiger partial charge in [-0.1, -0.05) is 12.1 Å². The lowest BCUT2D eigenvalue weighted by molar-refractivity contribution is 0.102. The number of nitrogens with zero attached hydrogens (tertiary/aromatic N) is 2. The van der Waals surface area contributed by atoms with E-state index in [0.29, 0.717) is 27.8 Å². The van der Waals surface area contributed by atoms with Crippen molar-refractivity contribution in [3.8, 4) is 0 Å². The third kappa shape index (κ3) is 3.64. The summed E-state index contributed by atoms with van der Waals surface area (Å²) >= 11 is 0. The number of aryl methyl sites for hydroxylation is 1. The first-order chi connectivity index (χ1) is 14.6. The van der Waals surface area contributed by atoms with Crippen LogP contribution in [0, 0.1) is 24.6 Å². The number of halogens is 1. The predicted octanol–water partition coefficient (Wildman–Crippen LogP) is 5.56. The van der Waals surface area contributed by atoms with E-state index < -0.39 is 0 Å². The van der Waals surface area contributed by atoms with E-state index in [1.54, 1.807) is 25.1 Å². The first-order valence-electron chi connectivity index (χ1n) is 10.8. The van der Waals surface area contributed by atoms with Crippen LogP contribution in [0.15, 0.2) is 48.5 Å². The molecule has 1 aromatic heterocycles. The van der Waals surface area contributed by atoms with Crippen LogP contribution in [-0.4, -0.2) is 24.0 Å². The standard InChI is InChI=1S/C25H26FN3O/c1-16-23(13-20-3-2-4-22(26)24(20)27-16)28-25(30)19-9-11-21(12-10-19)29-14-17-5-6-18(15-29)8-7-17/h2-4,9-13,17-18H,5-8,14-15H2,1H3,(H,28,30). The van der Waals surface area contributed by atoms with Crippen molar-refractivity contribution in [3.63, 3.8) is 0 Å². The van der Waals surface area contributed by atoms with Crippen molar-refractivity contribution in [1.29, 1.82) is 0 Å². The summed E-state index contributed by atoms with van der Waals surface area (Å²) in [4.78, 5) is 19.6. The molecule has 0 unspecified atom stereocenters. The number of hydrogen-bond donors (Lipinski definition) is 1. The summed E-state index contributed by atoms with van der Waals surface area (Å²) in [5, 5.41) is 3.60. The smallest absolute Gasteiger partial charge is 0.255 e. The number of hydrogen-bond acceptors (Lipinski definition) is 3. The van der Waals surface area contributed by atoms with Crippen molar-refractivity contribution in [1.82, 2.24) is 4.98 Å². The lowest BCUT2D eigenvalue weighted by Gasteiger charge is -2.25. The maximum Gasteiger partial charge on any atom is 0.255 e. The maximum atomic E-state index is 13.9. The third-order valence-electron chi connectivity index (χ3n) is 6.65. The molecule has 154 valence electrons. The lowest BCUT2D eigenvalue weighted by atomic mass is 9.84. The Morgan fingerprint density at radius 1 is 1.03 bits per heavy atom. The minimum atomic E-state index is -0.356. The summed E-state index contributed by atoms with van der Waals surface area (Å²) in [6.45, 7) is 4.03. The molecule has 3 aromatic rings. The van der Waals surface area contributed by atoms with Gasteiger partial charge in [0.15, 0.2) is 0 Å². The van der Waals surface area contributed by atoms with Gasteiger partial charge in [0.2, 0.25) is 0 Å². The Morgan fingerprint density at radius 2 is 1.70 bits per heavy atom. The van der Waals surface area contributed by atoms with Crippen LogP contribution in [0.1, 0.15) is 41.7 Å². The molecule has 6 rings (SSSR count). The molecule has 1 amide bonds. The van der Waals surface area contributed by atoms with E-state index in [1.807, 2.05) is 12.1 Å². The molecule has 1 aliphatic carbocycles. The second-order valence-electron chi connectivity index (χ2n) is 8.73. The van der Waals surface area contributed by atoms with Gasteiger partial charge in [0, 0.05) is 29.7 Å². The van der Waals surface area contributed by atoms with Gasteiger partial charge in [0.25, 0.3) is 5.91 Å². The highest BCUT2D eigenvalue weighted by Crippen LogP contribution is 2.35. The molecule has 2 aromatic carbocycles. The molecule has 30 heavy (non-hydrogen) atoms. The minimum Gasteiger partial charge on any atom is -0.371 e. The number of rotatable bonds is 3. The van der Waals surface area contributed by atoms with Crippen LogP contribution >= 0.6 is 0 Å². The first-order valence-corrected chi connectivity index (χ1v) is 10.8. The van der Waals surface area contributed by atoms with Crippen LogP contribution in [0.5, 0.6) is 0 Å². The van der Waals surface area contributed by atoms with Gasteiger partial charge in [-0.05, 0) is 80.8 Å². The summed E-state index contributed by atoms with van der Waals surface area (Å²) < 4.78 is 13.9. The molecule has 1 N–H and O–H groups in total. The van der Waals surface area contributed by atoms with Gasteiger partial charge in [-0.25, -0.2) is 9.37 Å². The number of amides is 1. The van der Waals surface area contributed by atoms with Gasteiger partial charge in [-0.3, -0.25) is 4.79 Å². The Labute approximate surface area is 176 Å². The quantitative estimate of drug-likeness (QED) is 0.623. The largest absolute Gasteiger partial charge is 0.371 e. The fraction of sp³-hybridized carbons (Fsp3) is 0.360. The van der Waals surface area contributed by atoms with Gasteiger partial charge < -0.3 is 10.2 Å². The minimum absolute atomic E-state index is 0.182. The van der Waals surface area contributed by atoms with Crippen molar-refractivity contribution in [2.75, 3.05) is 23.3 Å². The van der Waals surface area contributed by atoms with E-state index in [1.165, 1.54) is 37.4 Å². The van der Waals surface area contributed by atoms with Gasteiger partial charge in [-0.2, -0.15) is 0 Å². The summed E-state index contributed by atoms with van der Waals surface area (Å²) in [5.74, 6) is 1.07. The first kappa shape index (κ1) is 19.0. The monoisotopic (exact) mass is 403 g/mol. The fourth-order valence-electron chi connectivity index (χ4n) is 4.90. The zero-order chi connectivity index (χ0) is 20.7. The number of carbonyl (C=O) groups excluding carboxylic acids is 1. The lowest BCUT2D eigenvalue weighted by Crippen LogP contribution is -2.28. The molecule has 2 bridgehead atoms. The predicted molar refractivity (Wildman–Crippen MR) is 118 cm³/mol. The molecule has 0 spiro atoms. The van der Waals surface area contributed by atoms with Crippen molar-refractivity contribution >= 4 is 28.2 Å².